The first-order valence-corrected chi connectivity index (χ1v) is 8.86. The minimum atomic E-state index is -0.964. The highest BCUT2D eigenvalue weighted by molar-refractivity contribution is 5.80. The molecule has 14 nitrogen and oxygen atoms in total. The number of esters is 2. The summed E-state index contributed by atoms with van der Waals surface area (Å²) in [5.74, 6) is -1.00. The summed E-state index contributed by atoms with van der Waals surface area (Å²) in [5, 5.41) is 44.9. The quantitative estimate of drug-likeness (QED) is 0.167. The minimum Gasteiger partial charge on any atom is -0.569 e. The zero-order chi connectivity index (χ0) is 22.7. The summed E-state index contributed by atoms with van der Waals surface area (Å²) in [7, 11) is 1.27. The molecule has 0 radical (unpaired) electrons. The van der Waals surface area contributed by atoms with Crippen molar-refractivity contribution in [3.05, 3.63) is 10.4 Å². The van der Waals surface area contributed by atoms with Gasteiger partial charge < -0.3 is 30.3 Å². The fraction of sp³-hybridized carbons (Fsp3) is 0.867. The third kappa shape index (κ3) is 8.23. The summed E-state index contributed by atoms with van der Waals surface area (Å²) in [6.07, 6.45) is 0.600. The molecule has 0 bridgehead atoms. The van der Waals surface area contributed by atoms with E-state index in [0.717, 1.165) is 5.01 Å². The van der Waals surface area contributed by atoms with Gasteiger partial charge in [-0.3, -0.25) is 9.59 Å². The Morgan fingerprint density at radius 3 is 2.24 bits per heavy atom. The van der Waals surface area contributed by atoms with E-state index in [0.29, 0.717) is 6.42 Å². The first kappa shape index (κ1) is 25.9. The normalized spacial score (nSPS) is 14.7. The number of rotatable bonds is 13. The maximum absolute atomic E-state index is 12.6. The van der Waals surface area contributed by atoms with Gasteiger partial charge in [-0.2, -0.15) is 5.43 Å². The summed E-state index contributed by atoms with van der Waals surface area (Å²) >= 11 is 0. The highest BCUT2D eigenvalue weighted by Crippen LogP contribution is 2.38. The van der Waals surface area contributed by atoms with Crippen molar-refractivity contribution in [1.29, 1.82) is 0 Å². The molecular weight excluding hydrogens is 392 g/mol. The average molecular weight is 422 g/mol. The van der Waals surface area contributed by atoms with Crippen LogP contribution in [0.15, 0.2) is 10.6 Å². The Kier molecular flexibility index (Phi) is 10.5. The molecule has 0 aliphatic carbocycles. The van der Waals surface area contributed by atoms with Gasteiger partial charge >= 0.3 is 11.9 Å². The molecule has 0 aromatic heterocycles. The summed E-state index contributed by atoms with van der Waals surface area (Å²) in [6, 6.07) is 0. The van der Waals surface area contributed by atoms with Gasteiger partial charge in [0.05, 0.1) is 41.0 Å². The van der Waals surface area contributed by atoms with Crippen LogP contribution in [0.1, 0.15) is 40.5 Å². The maximum Gasteiger partial charge on any atom is 0.311 e. The van der Waals surface area contributed by atoms with Crippen molar-refractivity contribution < 1.29 is 39.4 Å². The molecule has 0 aliphatic heterocycles. The van der Waals surface area contributed by atoms with E-state index < -0.39 is 22.8 Å². The van der Waals surface area contributed by atoms with E-state index in [-0.39, 0.29) is 42.6 Å². The van der Waals surface area contributed by atoms with Gasteiger partial charge in [-0.25, -0.2) is 0 Å². The molecule has 1 atom stereocenters. The number of carbonyl (C=O) groups excluding carboxylic acids is 2. The second-order valence-electron chi connectivity index (χ2n) is 7.17. The standard InChI is InChI=1S/C15H30N6O8/c1-6-15(4,11-14(2,3)12(22)28-5)13(23)29-10-9-19(21(27)18-25)8-7-16-20(26)17-24/h24-25H,6-11H2,1-5H3,(H,16,17). The van der Waals surface area contributed by atoms with Crippen LogP contribution in [0.2, 0.25) is 0 Å². The van der Waals surface area contributed by atoms with Crippen LogP contribution in [0.25, 0.3) is 0 Å². The lowest BCUT2D eigenvalue weighted by molar-refractivity contribution is -0.711. The van der Waals surface area contributed by atoms with Crippen LogP contribution in [0, 0.1) is 21.2 Å². The Balaban J connectivity index is 4.89. The van der Waals surface area contributed by atoms with Crippen molar-refractivity contribution >= 4 is 11.9 Å². The van der Waals surface area contributed by atoms with E-state index >= 15 is 0 Å². The highest BCUT2D eigenvalue weighted by Gasteiger charge is 2.42. The van der Waals surface area contributed by atoms with E-state index in [1.165, 1.54) is 7.11 Å². The zero-order valence-electron chi connectivity index (χ0n) is 17.3. The Labute approximate surface area is 168 Å². The fourth-order valence-corrected chi connectivity index (χ4v) is 2.73. The van der Waals surface area contributed by atoms with Crippen LogP contribution in [0.4, 0.5) is 0 Å². The van der Waals surface area contributed by atoms with E-state index in [9.17, 15) is 20.0 Å². The van der Waals surface area contributed by atoms with Gasteiger partial charge in [0.15, 0.2) is 0 Å². The molecule has 0 heterocycles. The summed E-state index contributed by atoms with van der Waals surface area (Å²) in [6.45, 7) is 6.19. The van der Waals surface area contributed by atoms with Gasteiger partial charge in [0.1, 0.15) is 13.2 Å². The minimum absolute atomic E-state index is 0.125. The molecule has 0 amide bonds. The van der Waals surface area contributed by atoms with E-state index in [4.69, 9.17) is 19.9 Å². The number of methoxy groups -OCH3 is 1. The number of hydrogen-bond acceptors (Lipinski definition) is 8. The molecule has 3 N–H and O–H groups in total. The van der Waals surface area contributed by atoms with Crippen LogP contribution in [-0.4, -0.2) is 70.7 Å². The van der Waals surface area contributed by atoms with Crippen LogP contribution in [0.3, 0.4) is 0 Å². The first-order chi connectivity index (χ1) is 13.5. The predicted octanol–water partition coefficient (Wildman–Crippen LogP) is 0.960. The lowest BCUT2D eigenvalue weighted by Crippen LogP contribution is -2.42. The highest BCUT2D eigenvalue weighted by atomic mass is 16.6. The van der Waals surface area contributed by atoms with E-state index in [2.05, 4.69) is 16.0 Å². The molecule has 0 saturated carbocycles. The molecule has 0 rings (SSSR count). The van der Waals surface area contributed by atoms with Gasteiger partial charge in [0.2, 0.25) is 10.6 Å². The van der Waals surface area contributed by atoms with Gasteiger partial charge in [-0.15, -0.1) is 5.01 Å². The zero-order valence-corrected chi connectivity index (χ0v) is 17.3. The smallest absolute Gasteiger partial charge is 0.311 e. The van der Waals surface area contributed by atoms with Crippen LogP contribution in [-0.2, 0) is 19.1 Å². The molecular formula is C15H30N6O8. The van der Waals surface area contributed by atoms with E-state index in [1.54, 1.807) is 27.7 Å². The lowest BCUT2D eigenvalue weighted by atomic mass is 9.72. The number of ether oxygens (including phenoxy) is 2. The number of hydrogen-bond donors (Lipinski definition) is 3. The summed E-state index contributed by atoms with van der Waals surface area (Å²) in [4.78, 5) is 24.2. The molecule has 0 aromatic rings. The SMILES string of the molecule is CCC(C)(CC(C)(C)C(=O)OC)C(=O)OCCN(CCN/[N+]([O-])=N/O)[N+]([O-])=NO. The first-order valence-electron chi connectivity index (χ1n) is 8.86. The molecule has 1 unspecified atom stereocenters. The fourth-order valence-electron chi connectivity index (χ4n) is 2.73. The van der Waals surface area contributed by atoms with Crippen LogP contribution >= 0.6 is 0 Å². The number of hydrazine groups is 2. The molecule has 0 aliphatic rings. The largest absolute Gasteiger partial charge is 0.569 e. The number of carbonyl (C=O) groups is 2. The molecule has 0 saturated heterocycles. The predicted molar refractivity (Wildman–Crippen MR) is 95.0 cm³/mol. The van der Waals surface area contributed by atoms with Crippen molar-refractivity contribution in [1.82, 2.24) is 10.4 Å². The van der Waals surface area contributed by atoms with Gasteiger partial charge in [-0.1, -0.05) is 6.92 Å². The van der Waals surface area contributed by atoms with Crippen molar-refractivity contribution in [3.63, 3.8) is 0 Å². The second-order valence-corrected chi connectivity index (χ2v) is 7.17. The molecule has 14 heteroatoms. The third-order valence-corrected chi connectivity index (χ3v) is 4.44. The molecule has 0 aromatic carbocycles. The Hall–Kier alpha value is -3.06. The van der Waals surface area contributed by atoms with Crippen LogP contribution in [0.5, 0.6) is 0 Å². The van der Waals surface area contributed by atoms with Crippen molar-refractivity contribution in [2.75, 3.05) is 33.4 Å². The van der Waals surface area contributed by atoms with E-state index in [1.807, 2.05) is 0 Å². The monoisotopic (exact) mass is 422 g/mol. The molecule has 0 fully saturated rings. The number of nitrogens with one attached hydrogen (secondary N) is 1. The Morgan fingerprint density at radius 1 is 1.14 bits per heavy atom. The summed E-state index contributed by atoms with van der Waals surface area (Å²) < 4.78 is 10.0. The topological polar surface area (TPSA) is 185 Å². The molecule has 29 heavy (non-hydrogen) atoms. The van der Waals surface area contributed by atoms with Gasteiger partial charge in [-0.05, 0) is 33.6 Å². The third-order valence-electron chi connectivity index (χ3n) is 4.44. The van der Waals surface area contributed by atoms with Crippen molar-refractivity contribution in [2.45, 2.75) is 40.5 Å². The lowest BCUT2D eigenvalue weighted by Gasteiger charge is -2.33. The van der Waals surface area contributed by atoms with Gasteiger partial charge in [0, 0.05) is 0 Å². The Morgan fingerprint density at radius 2 is 1.76 bits per heavy atom. The summed E-state index contributed by atoms with van der Waals surface area (Å²) in [5.41, 5.74) is 0.228. The Bertz CT molecular complexity index is 612. The molecule has 0 spiro atoms. The van der Waals surface area contributed by atoms with Gasteiger partial charge in [0.25, 0.3) is 0 Å². The van der Waals surface area contributed by atoms with Crippen LogP contribution < -0.4 is 5.43 Å². The average Bonchev–Trinajstić information content (AvgIpc) is 2.70. The van der Waals surface area contributed by atoms with Crippen molar-refractivity contribution in [3.8, 4) is 0 Å². The molecule has 168 valence electrons. The maximum atomic E-state index is 12.6. The van der Waals surface area contributed by atoms with Crippen molar-refractivity contribution in [2.24, 2.45) is 21.4 Å². The number of nitrogens with zero attached hydrogens (tertiary/aromatic N) is 5. The second kappa shape index (κ2) is 11.7.